The summed E-state index contributed by atoms with van der Waals surface area (Å²) in [5.41, 5.74) is 8.85. The lowest BCUT2D eigenvalue weighted by Crippen LogP contribution is -2.03. The van der Waals surface area contributed by atoms with Gasteiger partial charge in [-0.15, -0.1) is 0 Å². The van der Waals surface area contributed by atoms with E-state index >= 15 is 0 Å². The maximum Gasteiger partial charge on any atom is 0.155 e. The van der Waals surface area contributed by atoms with Crippen LogP contribution in [-0.4, -0.2) is 14.8 Å². The van der Waals surface area contributed by atoms with E-state index < -0.39 is 0 Å². The molecule has 3 heterocycles. The summed E-state index contributed by atoms with van der Waals surface area (Å²) in [6, 6.07) is 7.58. The Labute approximate surface area is 110 Å². The van der Waals surface area contributed by atoms with E-state index in [1.54, 1.807) is 17.1 Å². The van der Waals surface area contributed by atoms with Crippen LogP contribution in [0.3, 0.4) is 0 Å². The minimum Gasteiger partial charge on any atom is -0.469 e. The van der Waals surface area contributed by atoms with Gasteiger partial charge in [0.1, 0.15) is 11.6 Å². The van der Waals surface area contributed by atoms with Gasteiger partial charge in [0, 0.05) is 17.8 Å². The van der Waals surface area contributed by atoms with E-state index in [2.05, 4.69) is 10.1 Å². The minimum absolute atomic E-state index is 0.550. The Morgan fingerprint density at radius 3 is 2.74 bits per heavy atom. The van der Waals surface area contributed by atoms with Crippen molar-refractivity contribution in [2.24, 2.45) is 0 Å². The zero-order valence-electron chi connectivity index (χ0n) is 10.8. The molecule has 0 aliphatic carbocycles. The van der Waals surface area contributed by atoms with Crippen molar-refractivity contribution in [3.63, 3.8) is 0 Å². The number of nitrogens with two attached hydrogens (primary N) is 1. The zero-order valence-corrected chi connectivity index (χ0v) is 10.8. The van der Waals surface area contributed by atoms with E-state index in [-0.39, 0.29) is 0 Å². The summed E-state index contributed by atoms with van der Waals surface area (Å²) in [6.07, 6.45) is 3.39. The molecule has 0 unspecified atom stereocenters. The number of anilines is 1. The number of pyridine rings is 1. The van der Waals surface area contributed by atoms with E-state index in [4.69, 9.17) is 10.2 Å². The molecule has 3 aromatic rings. The van der Waals surface area contributed by atoms with Crippen LogP contribution in [0.5, 0.6) is 0 Å². The van der Waals surface area contributed by atoms with Crippen LogP contribution in [0.4, 0.5) is 5.82 Å². The first-order valence-electron chi connectivity index (χ1n) is 5.98. The Bertz CT molecular complexity index is 727. The molecule has 19 heavy (non-hydrogen) atoms. The van der Waals surface area contributed by atoms with E-state index in [1.165, 1.54) is 0 Å². The molecule has 0 bridgehead atoms. The second-order valence-electron chi connectivity index (χ2n) is 4.45. The topological polar surface area (TPSA) is 69.9 Å². The largest absolute Gasteiger partial charge is 0.469 e. The fourth-order valence-corrected chi connectivity index (χ4v) is 2.00. The van der Waals surface area contributed by atoms with Crippen molar-refractivity contribution in [1.82, 2.24) is 14.8 Å². The van der Waals surface area contributed by atoms with Gasteiger partial charge in [-0.3, -0.25) is 0 Å². The molecule has 0 saturated heterocycles. The highest BCUT2D eigenvalue weighted by Crippen LogP contribution is 2.26. The molecule has 3 aromatic heterocycles. The summed E-state index contributed by atoms with van der Waals surface area (Å²) in [4.78, 5) is 4.28. The smallest absolute Gasteiger partial charge is 0.155 e. The molecular weight excluding hydrogens is 240 g/mol. The summed E-state index contributed by atoms with van der Waals surface area (Å²) in [5, 5.41) is 4.49. The molecule has 2 N–H and O–H groups in total. The Morgan fingerprint density at radius 1 is 1.21 bits per heavy atom. The standard InChI is InChI=1S/C14H14N4O/c1-9-3-5-16-14(7-9)18-13(15)8-12(17-18)11-4-6-19-10(11)2/h3-8H,15H2,1-2H3. The Balaban J connectivity index is 2.10. The van der Waals surface area contributed by atoms with Crippen LogP contribution in [0.15, 0.2) is 41.1 Å². The Morgan fingerprint density at radius 2 is 2.05 bits per heavy atom. The van der Waals surface area contributed by atoms with Crippen LogP contribution >= 0.6 is 0 Å². The fraction of sp³-hybridized carbons (Fsp3) is 0.143. The number of aromatic nitrogens is 3. The van der Waals surface area contributed by atoms with Gasteiger partial charge in [-0.05, 0) is 37.6 Å². The Kier molecular flexibility index (Phi) is 2.59. The van der Waals surface area contributed by atoms with E-state index in [9.17, 15) is 0 Å². The second-order valence-corrected chi connectivity index (χ2v) is 4.45. The quantitative estimate of drug-likeness (QED) is 0.763. The third-order valence-corrected chi connectivity index (χ3v) is 2.99. The van der Waals surface area contributed by atoms with Gasteiger partial charge < -0.3 is 10.2 Å². The predicted octanol–water partition coefficient (Wildman–Crippen LogP) is 2.73. The van der Waals surface area contributed by atoms with Crippen molar-refractivity contribution < 1.29 is 4.42 Å². The third-order valence-electron chi connectivity index (χ3n) is 2.99. The van der Waals surface area contributed by atoms with Crippen molar-refractivity contribution in [3.05, 3.63) is 48.0 Å². The molecule has 3 rings (SSSR count). The summed E-state index contributed by atoms with van der Waals surface area (Å²) >= 11 is 0. The van der Waals surface area contributed by atoms with Gasteiger partial charge in [0.25, 0.3) is 0 Å². The lowest BCUT2D eigenvalue weighted by atomic mass is 10.2. The molecule has 96 valence electrons. The molecule has 0 aliphatic heterocycles. The van der Waals surface area contributed by atoms with Crippen LogP contribution in [0, 0.1) is 13.8 Å². The average molecular weight is 254 g/mol. The number of hydrogen-bond acceptors (Lipinski definition) is 4. The number of nitrogen functional groups attached to an aromatic ring is 1. The summed E-state index contributed by atoms with van der Waals surface area (Å²) in [5.74, 6) is 2.08. The molecule has 0 aromatic carbocycles. The molecule has 0 aliphatic rings. The molecule has 5 heteroatoms. The first-order chi connectivity index (χ1) is 9.15. The monoisotopic (exact) mass is 254 g/mol. The number of nitrogens with zero attached hydrogens (tertiary/aromatic N) is 3. The van der Waals surface area contributed by atoms with Crippen LogP contribution in [0.25, 0.3) is 17.1 Å². The van der Waals surface area contributed by atoms with Gasteiger partial charge in [-0.2, -0.15) is 9.78 Å². The molecule has 0 atom stereocenters. The van der Waals surface area contributed by atoms with Crippen molar-refractivity contribution in [3.8, 4) is 17.1 Å². The van der Waals surface area contributed by atoms with Gasteiger partial charge in [-0.1, -0.05) is 0 Å². The zero-order chi connectivity index (χ0) is 13.4. The normalized spacial score (nSPS) is 10.8. The molecule has 0 saturated carbocycles. The van der Waals surface area contributed by atoms with Crippen molar-refractivity contribution in [2.45, 2.75) is 13.8 Å². The molecule has 5 nitrogen and oxygen atoms in total. The van der Waals surface area contributed by atoms with Gasteiger partial charge in [0.05, 0.1) is 12.0 Å². The average Bonchev–Trinajstić information content (AvgIpc) is 2.95. The second kappa shape index (κ2) is 4.28. The number of furan rings is 1. The van der Waals surface area contributed by atoms with Crippen LogP contribution in [-0.2, 0) is 0 Å². The molecular formula is C14H14N4O. The summed E-state index contributed by atoms with van der Waals surface area (Å²) in [7, 11) is 0. The summed E-state index contributed by atoms with van der Waals surface area (Å²) in [6.45, 7) is 3.90. The SMILES string of the molecule is Cc1ccnc(-n2nc(-c3ccoc3C)cc2N)c1. The maximum absolute atomic E-state index is 6.01. The Hall–Kier alpha value is -2.56. The van der Waals surface area contributed by atoms with E-state index in [0.29, 0.717) is 11.6 Å². The van der Waals surface area contributed by atoms with Gasteiger partial charge in [0.2, 0.25) is 0 Å². The van der Waals surface area contributed by atoms with Gasteiger partial charge >= 0.3 is 0 Å². The number of rotatable bonds is 2. The third kappa shape index (κ3) is 1.99. The first-order valence-corrected chi connectivity index (χ1v) is 5.98. The maximum atomic E-state index is 6.01. The lowest BCUT2D eigenvalue weighted by Gasteiger charge is -2.03. The number of aryl methyl sites for hydroxylation is 2. The highest BCUT2D eigenvalue weighted by molar-refractivity contribution is 5.64. The molecule has 0 fully saturated rings. The van der Waals surface area contributed by atoms with Crippen LogP contribution in [0.1, 0.15) is 11.3 Å². The van der Waals surface area contributed by atoms with Gasteiger partial charge in [0.15, 0.2) is 5.82 Å². The highest BCUT2D eigenvalue weighted by atomic mass is 16.3. The van der Waals surface area contributed by atoms with E-state index in [1.807, 2.05) is 38.1 Å². The number of hydrogen-bond donors (Lipinski definition) is 1. The minimum atomic E-state index is 0.550. The predicted molar refractivity (Wildman–Crippen MR) is 72.9 cm³/mol. The molecule has 0 radical (unpaired) electrons. The van der Waals surface area contributed by atoms with Crippen LogP contribution in [0.2, 0.25) is 0 Å². The molecule has 0 amide bonds. The first kappa shape index (κ1) is 11.5. The summed E-state index contributed by atoms with van der Waals surface area (Å²) < 4.78 is 6.92. The molecule has 0 spiro atoms. The van der Waals surface area contributed by atoms with Crippen molar-refractivity contribution in [2.75, 3.05) is 5.73 Å². The van der Waals surface area contributed by atoms with Crippen LogP contribution < -0.4 is 5.73 Å². The van der Waals surface area contributed by atoms with Crippen molar-refractivity contribution in [1.29, 1.82) is 0 Å². The van der Waals surface area contributed by atoms with E-state index in [0.717, 1.165) is 22.6 Å². The van der Waals surface area contributed by atoms with Crippen molar-refractivity contribution >= 4 is 5.82 Å². The lowest BCUT2D eigenvalue weighted by molar-refractivity contribution is 0.535. The van der Waals surface area contributed by atoms with Gasteiger partial charge in [-0.25, -0.2) is 4.98 Å². The fourth-order valence-electron chi connectivity index (χ4n) is 2.00. The highest BCUT2D eigenvalue weighted by Gasteiger charge is 2.12.